The van der Waals surface area contributed by atoms with Crippen LogP contribution in [-0.2, 0) is 16.1 Å². The predicted molar refractivity (Wildman–Crippen MR) is 93.6 cm³/mol. The minimum atomic E-state index is -0.381. The Morgan fingerprint density at radius 2 is 2.08 bits per heavy atom. The van der Waals surface area contributed by atoms with Crippen LogP contribution in [0.25, 0.3) is 0 Å². The number of fused-ring (bicyclic) bond motifs is 1. The van der Waals surface area contributed by atoms with E-state index in [0.29, 0.717) is 30.5 Å². The molecule has 130 valence electrons. The summed E-state index contributed by atoms with van der Waals surface area (Å²) < 4.78 is 0. The highest BCUT2D eigenvalue weighted by Crippen LogP contribution is 2.21. The van der Waals surface area contributed by atoms with Gasteiger partial charge in [-0.2, -0.15) is 0 Å². The molecule has 2 saturated heterocycles. The number of hydrogen-bond acceptors (Lipinski definition) is 3. The molecule has 2 amide bonds. The maximum Gasteiger partial charge on any atom is 0.245 e. The van der Waals surface area contributed by atoms with Crippen LogP contribution in [0.3, 0.4) is 0 Å². The summed E-state index contributed by atoms with van der Waals surface area (Å²) in [6, 6.07) is 7.01. The third-order valence-corrected chi connectivity index (χ3v) is 4.90. The van der Waals surface area contributed by atoms with Gasteiger partial charge < -0.3 is 10.2 Å². The van der Waals surface area contributed by atoms with E-state index in [1.807, 2.05) is 24.3 Å². The molecule has 0 bridgehead atoms. The van der Waals surface area contributed by atoms with Gasteiger partial charge in [-0.25, -0.2) is 0 Å². The van der Waals surface area contributed by atoms with E-state index in [1.165, 1.54) is 0 Å². The fourth-order valence-electron chi connectivity index (χ4n) is 3.53. The first-order chi connectivity index (χ1) is 11.4. The fourth-order valence-corrected chi connectivity index (χ4v) is 3.74. The molecule has 2 heterocycles. The normalized spacial score (nSPS) is 24.9. The fraction of sp³-hybridized carbons (Fsp3) is 0.556. The average Bonchev–Trinajstić information content (AvgIpc) is 2.52. The van der Waals surface area contributed by atoms with Gasteiger partial charge in [-0.1, -0.05) is 37.6 Å². The molecule has 0 aromatic heterocycles. The van der Waals surface area contributed by atoms with Gasteiger partial charge >= 0.3 is 0 Å². The van der Waals surface area contributed by atoms with Gasteiger partial charge in [0.15, 0.2) is 0 Å². The number of halogens is 1. The van der Waals surface area contributed by atoms with Crippen LogP contribution in [-0.4, -0.2) is 53.3 Å². The number of benzene rings is 1. The Hall–Kier alpha value is -1.59. The second-order valence-corrected chi connectivity index (χ2v) is 7.54. The van der Waals surface area contributed by atoms with E-state index in [2.05, 4.69) is 24.1 Å². The van der Waals surface area contributed by atoms with E-state index in [4.69, 9.17) is 11.6 Å². The number of rotatable bonds is 4. The molecule has 0 spiro atoms. The highest BCUT2D eigenvalue weighted by atomic mass is 35.5. The van der Waals surface area contributed by atoms with E-state index < -0.39 is 0 Å². The standard InChI is InChI=1S/C18H24ClN3O2/c1-12(2)8-15-18(24)22-7-6-21(11-16(22)17(23)20-15)10-13-4-3-5-14(19)9-13/h3-5,9,12,15-16H,6-8,10-11H2,1-2H3,(H,20,23)/t15-,16-/m1/s1. The topological polar surface area (TPSA) is 52.7 Å². The van der Waals surface area contributed by atoms with Crippen LogP contribution in [0.4, 0.5) is 0 Å². The van der Waals surface area contributed by atoms with Crippen LogP contribution in [0.5, 0.6) is 0 Å². The summed E-state index contributed by atoms with van der Waals surface area (Å²) in [4.78, 5) is 29.1. The minimum Gasteiger partial charge on any atom is -0.342 e. The summed E-state index contributed by atoms with van der Waals surface area (Å²) in [5.41, 5.74) is 1.12. The molecule has 2 atom stereocenters. The first-order valence-corrected chi connectivity index (χ1v) is 8.89. The lowest BCUT2D eigenvalue weighted by atomic mass is 9.97. The number of nitrogens with zero attached hydrogens (tertiary/aromatic N) is 2. The van der Waals surface area contributed by atoms with E-state index in [0.717, 1.165) is 18.7 Å². The van der Waals surface area contributed by atoms with Crippen molar-refractivity contribution in [3.05, 3.63) is 34.9 Å². The monoisotopic (exact) mass is 349 g/mol. The summed E-state index contributed by atoms with van der Waals surface area (Å²) in [5.74, 6) is 0.409. The lowest BCUT2D eigenvalue weighted by molar-refractivity contribution is -0.153. The zero-order valence-electron chi connectivity index (χ0n) is 14.2. The van der Waals surface area contributed by atoms with Crippen LogP contribution >= 0.6 is 11.6 Å². The van der Waals surface area contributed by atoms with Crippen molar-refractivity contribution in [1.82, 2.24) is 15.1 Å². The summed E-state index contributed by atoms with van der Waals surface area (Å²) in [7, 11) is 0. The first kappa shape index (κ1) is 17.2. The molecule has 3 rings (SSSR count). The van der Waals surface area contributed by atoms with Crippen molar-refractivity contribution in [1.29, 1.82) is 0 Å². The quantitative estimate of drug-likeness (QED) is 0.903. The second-order valence-electron chi connectivity index (χ2n) is 7.10. The molecular formula is C18H24ClN3O2. The number of carbonyl (C=O) groups excluding carboxylic acids is 2. The lowest BCUT2D eigenvalue weighted by Gasteiger charge is -2.45. The molecule has 2 fully saturated rings. The SMILES string of the molecule is CC(C)C[C@H]1NC(=O)[C@H]2CN(Cc3cccc(Cl)c3)CCN2C1=O. The summed E-state index contributed by atoms with van der Waals surface area (Å²) in [5, 5.41) is 3.63. The smallest absolute Gasteiger partial charge is 0.245 e. The van der Waals surface area contributed by atoms with Crippen molar-refractivity contribution in [3.8, 4) is 0 Å². The second kappa shape index (κ2) is 7.11. The van der Waals surface area contributed by atoms with E-state index in [-0.39, 0.29) is 23.9 Å². The zero-order chi connectivity index (χ0) is 17.3. The lowest BCUT2D eigenvalue weighted by Crippen LogP contribution is -2.69. The average molecular weight is 350 g/mol. The van der Waals surface area contributed by atoms with Crippen LogP contribution in [0.15, 0.2) is 24.3 Å². The molecule has 24 heavy (non-hydrogen) atoms. The van der Waals surface area contributed by atoms with Gasteiger partial charge in [0.25, 0.3) is 0 Å². The zero-order valence-corrected chi connectivity index (χ0v) is 14.9. The van der Waals surface area contributed by atoms with Crippen molar-refractivity contribution in [2.75, 3.05) is 19.6 Å². The molecule has 1 aromatic rings. The first-order valence-electron chi connectivity index (χ1n) is 8.51. The van der Waals surface area contributed by atoms with Gasteiger partial charge in [-0.05, 0) is 30.0 Å². The van der Waals surface area contributed by atoms with E-state index in [9.17, 15) is 9.59 Å². The Morgan fingerprint density at radius 3 is 2.79 bits per heavy atom. The maximum atomic E-state index is 12.6. The van der Waals surface area contributed by atoms with Gasteiger partial charge in [0.1, 0.15) is 12.1 Å². The van der Waals surface area contributed by atoms with Gasteiger partial charge in [0.05, 0.1) is 0 Å². The molecule has 1 N–H and O–H groups in total. The Labute approximate surface area is 147 Å². The predicted octanol–water partition coefficient (Wildman–Crippen LogP) is 1.90. The molecule has 2 aliphatic rings. The van der Waals surface area contributed by atoms with Gasteiger partial charge in [0, 0.05) is 31.2 Å². The van der Waals surface area contributed by atoms with E-state index >= 15 is 0 Å². The van der Waals surface area contributed by atoms with Gasteiger partial charge in [-0.3, -0.25) is 14.5 Å². The molecule has 6 heteroatoms. The minimum absolute atomic E-state index is 0.0314. The Bertz CT molecular complexity index is 634. The Kier molecular flexibility index (Phi) is 5.11. The molecule has 2 aliphatic heterocycles. The van der Waals surface area contributed by atoms with E-state index in [1.54, 1.807) is 4.90 Å². The van der Waals surface area contributed by atoms with Crippen LogP contribution in [0, 0.1) is 5.92 Å². The molecule has 1 aromatic carbocycles. The number of hydrogen-bond donors (Lipinski definition) is 1. The molecule has 0 saturated carbocycles. The van der Waals surface area contributed by atoms with Crippen LogP contribution < -0.4 is 5.32 Å². The largest absolute Gasteiger partial charge is 0.342 e. The van der Waals surface area contributed by atoms with Gasteiger partial charge in [-0.15, -0.1) is 0 Å². The number of amides is 2. The number of carbonyl (C=O) groups is 2. The highest BCUT2D eigenvalue weighted by molar-refractivity contribution is 6.30. The highest BCUT2D eigenvalue weighted by Gasteiger charge is 2.43. The third-order valence-electron chi connectivity index (χ3n) is 4.67. The Balaban J connectivity index is 1.66. The van der Waals surface area contributed by atoms with Crippen molar-refractivity contribution < 1.29 is 9.59 Å². The van der Waals surface area contributed by atoms with Crippen molar-refractivity contribution in [3.63, 3.8) is 0 Å². The maximum absolute atomic E-state index is 12.6. The van der Waals surface area contributed by atoms with Crippen LogP contribution in [0.1, 0.15) is 25.8 Å². The number of piperazine rings is 2. The summed E-state index contributed by atoms with van der Waals surface area (Å²) in [6.45, 7) is 6.81. The molecule has 0 radical (unpaired) electrons. The summed E-state index contributed by atoms with van der Waals surface area (Å²) >= 11 is 6.04. The number of nitrogens with one attached hydrogen (secondary N) is 1. The molecule has 0 unspecified atom stereocenters. The van der Waals surface area contributed by atoms with Crippen molar-refractivity contribution in [2.45, 2.75) is 38.9 Å². The summed E-state index contributed by atoms with van der Waals surface area (Å²) in [6.07, 6.45) is 0.694. The van der Waals surface area contributed by atoms with Crippen molar-refractivity contribution >= 4 is 23.4 Å². The van der Waals surface area contributed by atoms with Crippen molar-refractivity contribution in [2.24, 2.45) is 5.92 Å². The molecule has 0 aliphatic carbocycles. The third kappa shape index (κ3) is 3.73. The van der Waals surface area contributed by atoms with Gasteiger partial charge in [0.2, 0.25) is 11.8 Å². The molecule has 5 nitrogen and oxygen atoms in total. The molecular weight excluding hydrogens is 326 g/mol. The van der Waals surface area contributed by atoms with Crippen LogP contribution in [0.2, 0.25) is 5.02 Å². The Morgan fingerprint density at radius 1 is 1.29 bits per heavy atom.